The van der Waals surface area contributed by atoms with Crippen LogP contribution in [0.4, 0.5) is 0 Å². The van der Waals surface area contributed by atoms with Crippen LogP contribution < -0.4 is 10.6 Å². The monoisotopic (exact) mass is 334 g/mol. The Balaban J connectivity index is 1.55. The number of nitrogens with one attached hydrogen (secondary N) is 2. The maximum absolute atomic E-state index is 12.8. The number of rotatable bonds is 3. The van der Waals surface area contributed by atoms with Gasteiger partial charge in [0, 0.05) is 35.5 Å². The number of benzene rings is 1. The molecular weight excluding hydrogens is 312 g/mol. The van der Waals surface area contributed by atoms with Crippen LogP contribution in [-0.4, -0.2) is 28.4 Å². The number of amides is 1. The van der Waals surface area contributed by atoms with Crippen LogP contribution >= 0.6 is 0 Å². The lowest BCUT2D eigenvalue weighted by Crippen LogP contribution is -2.43. The van der Waals surface area contributed by atoms with E-state index >= 15 is 0 Å². The zero-order valence-corrected chi connectivity index (χ0v) is 14.5. The second-order valence-corrected chi connectivity index (χ2v) is 7.87. The van der Waals surface area contributed by atoms with Gasteiger partial charge in [-0.2, -0.15) is 0 Å². The average Bonchev–Trinajstić information content (AvgIpc) is 2.95. The van der Waals surface area contributed by atoms with Gasteiger partial charge in [-0.3, -0.25) is 4.79 Å². The zero-order valence-electron chi connectivity index (χ0n) is 14.5. The summed E-state index contributed by atoms with van der Waals surface area (Å²) < 4.78 is 2.04. The first-order valence-corrected chi connectivity index (χ1v) is 8.94. The van der Waals surface area contributed by atoms with Gasteiger partial charge in [-0.15, -0.1) is 0 Å². The Morgan fingerprint density at radius 1 is 1.24 bits per heavy atom. The van der Waals surface area contributed by atoms with Crippen molar-refractivity contribution in [3.8, 4) is 0 Å². The molecule has 2 fully saturated rings. The predicted octanol–water partition coefficient (Wildman–Crippen LogP) is 2.30. The Kier molecular flexibility index (Phi) is 3.01. The number of aromatic nitrogens is 2. The van der Waals surface area contributed by atoms with Gasteiger partial charge in [-0.05, 0) is 44.2 Å². The molecule has 5 nitrogen and oxygen atoms in total. The van der Waals surface area contributed by atoms with Crippen molar-refractivity contribution in [2.24, 2.45) is 17.8 Å². The second-order valence-electron chi connectivity index (χ2n) is 7.87. The third-order valence-corrected chi connectivity index (χ3v) is 5.90. The fourth-order valence-corrected chi connectivity index (χ4v) is 4.51. The van der Waals surface area contributed by atoms with Gasteiger partial charge in [0.1, 0.15) is 5.65 Å². The summed E-state index contributed by atoms with van der Waals surface area (Å²) in [5.74, 6) is 1.44. The summed E-state index contributed by atoms with van der Waals surface area (Å²) in [6, 6.07) is 8.28. The molecule has 0 bridgehead atoms. The fourth-order valence-electron chi connectivity index (χ4n) is 4.51. The van der Waals surface area contributed by atoms with Crippen LogP contribution in [0.15, 0.2) is 42.9 Å². The first-order chi connectivity index (χ1) is 12.1. The molecule has 25 heavy (non-hydrogen) atoms. The summed E-state index contributed by atoms with van der Waals surface area (Å²) in [5.41, 5.74) is 1.62. The molecule has 3 atom stereocenters. The van der Waals surface area contributed by atoms with Crippen molar-refractivity contribution in [3.63, 3.8) is 0 Å². The highest BCUT2D eigenvalue weighted by Gasteiger charge is 2.57. The lowest BCUT2D eigenvalue weighted by Gasteiger charge is -2.29. The van der Waals surface area contributed by atoms with Crippen molar-refractivity contribution in [1.82, 2.24) is 20.0 Å². The number of nitrogens with zero attached hydrogens (tertiary/aromatic N) is 2. The molecule has 1 aliphatic carbocycles. The van der Waals surface area contributed by atoms with Crippen LogP contribution in [0.25, 0.3) is 16.4 Å². The molecule has 1 amide bonds. The van der Waals surface area contributed by atoms with E-state index in [4.69, 9.17) is 0 Å². The first-order valence-electron chi connectivity index (χ1n) is 8.94. The number of imidazole rings is 1. The summed E-state index contributed by atoms with van der Waals surface area (Å²) in [4.78, 5) is 17.3. The highest BCUT2D eigenvalue weighted by Crippen LogP contribution is 2.49. The number of carbonyl (C=O) groups is 1. The molecule has 5 rings (SSSR count). The Morgan fingerprint density at radius 2 is 1.96 bits per heavy atom. The van der Waals surface area contributed by atoms with Gasteiger partial charge < -0.3 is 15.0 Å². The van der Waals surface area contributed by atoms with Crippen molar-refractivity contribution in [1.29, 1.82) is 0 Å². The summed E-state index contributed by atoms with van der Waals surface area (Å²) in [6.45, 7) is 6.14. The van der Waals surface area contributed by atoms with Crippen molar-refractivity contribution >= 4 is 22.3 Å². The Hall–Kier alpha value is -2.40. The zero-order chi connectivity index (χ0) is 17.2. The van der Waals surface area contributed by atoms with Gasteiger partial charge in [-0.1, -0.05) is 24.3 Å². The van der Waals surface area contributed by atoms with Crippen LogP contribution in [-0.2, 0) is 10.3 Å². The molecular formula is C20H22N4O. The molecule has 1 saturated heterocycles. The number of piperidine rings is 1. The maximum atomic E-state index is 12.8. The third-order valence-electron chi connectivity index (χ3n) is 5.90. The molecule has 1 aliphatic heterocycles. The summed E-state index contributed by atoms with van der Waals surface area (Å²) in [6.07, 6.45) is 5.87. The van der Waals surface area contributed by atoms with Crippen LogP contribution in [0.2, 0.25) is 0 Å². The number of hydrogen-bond donors (Lipinski definition) is 2. The van der Waals surface area contributed by atoms with Crippen molar-refractivity contribution in [3.05, 3.63) is 48.4 Å². The normalized spacial score (nSPS) is 25.3. The van der Waals surface area contributed by atoms with Crippen LogP contribution in [0.5, 0.6) is 0 Å². The Bertz CT molecular complexity index is 980. The molecule has 2 aromatic heterocycles. The number of hydrogen-bond acceptors (Lipinski definition) is 3. The van der Waals surface area contributed by atoms with Crippen molar-refractivity contribution in [2.45, 2.75) is 19.4 Å². The van der Waals surface area contributed by atoms with E-state index < -0.39 is 5.54 Å². The van der Waals surface area contributed by atoms with E-state index in [1.54, 1.807) is 0 Å². The minimum atomic E-state index is -0.445. The van der Waals surface area contributed by atoms with E-state index in [1.807, 2.05) is 28.9 Å². The SMILES string of the molecule is CC(C)(NC(=O)C1[C@H]2CNC[C@@H]12)c1cn2ccnc2c2ccccc12. The topological polar surface area (TPSA) is 58.4 Å². The Labute approximate surface area is 146 Å². The van der Waals surface area contributed by atoms with Crippen LogP contribution in [0, 0.1) is 17.8 Å². The van der Waals surface area contributed by atoms with Gasteiger partial charge in [-0.25, -0.2) is 4.98 Å². The minimum absolute atomic E-state index is 0.184. The fraction of sp³-hybridized carbons (Fsp3) is 0.400. The first kappa shape index (κ1) is 14.9. The average molecular weight is 334 g/mol. The van der Waals surface area contributed by atoms with Crippen LogP contribution in [0.3, 0.4) is 0 Å². The molecule has 1 saturated carbocycles. The lowest BCUT2D eigenvalue weighted by atomic mass is 9.90. The summed E-state index contributed by atoms with van der Waals surface area (Å²) in [7, 11) is 0. The highest BCUT2D eigenvalue weighted by molar-refractivity contribution is 5.97. The highest BCUT2D eigenvalue weighted by atomic mass is 16.2. The molecule has 3 heterocycles. The predicted molar refractivity (Wildman–Crippen MR) is 97.2 cm³/mol. The third kappa shape index (κ3) is 2.19. The molecule has 3 aromatic rings. The molecule has 128 valence electrons. The van der Waals surface area contributed by atoms with Crippen molar-refractivity contribution < 1.29 is 4.79 Å². The van der Waals surface area contributed by atoms with Gasteiger partial charge in [0.05, 0.1) is 5.54 Å². The number of carbonyl (C=O) groups excluding carboxylic acids is 1. The lowest BCUT2D eigenvalue weighted by molar-refractivity contribution is -0.124. The summed E-state index contributed by atoms with van der Waals surface area (Å²) in [5, 5.41) is 8.92. The second kappa shape index (κ2) is 5.05. The minimum Gasteiger partial charge on any atom is -0.347 e. The van der Waals surface area contributed by atoms with E-state index in [9.17, 15) is 4.79 Å². The van der Waals surface area contributed by atoms with Gasteiger partial charge in [0.2, 0.25) is 5.91 Å². The van der Waals surface area contributed by atoms with Crippen molar-refractivity contribution in [2.75, 3.05) is 13.1 Å². The molecule has 2 aliphatic rings. The maximum Gasteiger partial charge on any atom is 0.224 e. The number of fused-ring (bicyclic) bond motifs is 4. The van der Waals surface area contributed by atoms with E-state index in [0.29, 0.717) is 11.8 Å². The molecule has 1 unspecified atom stereocenters. The molecule has 0 spiro atoms. The quantitative estimate of drug-likeness (QED) is 0.773. The molecule has 0 radical (unpaired) electrons. The van der Waals surface area contributed by atoms with Gasteiger partial charge in [0.15, 0.2) is 0 Å². The smallest absolute Gasteiger partial charge is 0.224 e. The van der Waals surface area contributed by atoms with E-state index in [0.717, 1.165) is 35.1 Å². The molecule has 1 aromatic carbocycles. The number of pyridine rings is 1. The standard InChI is InChI=1S/C20H22N4O/c1-20(2,23-19(25)17-14-9-21-10-15(14)17)16-11-24-8-7-22-18(24)13-6-4-3-5-12(13)16/h3-8,11,14-15,17,21H,9-10H2,1-2H3,(H,23,25)/t14-,15+,17?. The van der Waals surface area contributed by atoms with Crippen LogP contribution in [0.1, 0.15) is 19.4 Å². The van der Waals surface area contributed by atoms with E-state index in [2.05, 4.69) is 47.8 Å². The molecule has 2 N–H and O–H groups in total. The van der Waals surface area contributed by atoms with E-state index in [-0.39, 0.29) is 11.8 Å². The Morgan fingerprint density at radius 3 is 2.72 bits per heavy atom. The van der Waals surface area contributed by atoms with E-state index in [1.165, 1.54) is 0 Å². The van der Waals surface area contributed by atoms with Gasteiger partial charge >= 0.3 is 0 Å². The molecule has 5 heteroatoms. The largest absolute Gasteiger partial charge is 0.347 e. The van der Waals surface area contributed by atoms with Gasteiger partial charge in [0.25, 0.3) is 0 Å². The summed E-state index contributed by atoms with van der Waals surface area (Å²) >= 11 is 0.